The lowest BCUT2D eigenvalue weighted by Gasteiger charge is -2.27. The number of carbonyl (C=O) groups excluding carboxylic acids is 1. The predicted molar refractivity (Wildman–Crippen MR) is 130 cm³/mol. The van der Waals surface area contributed by atoms with Crippen molar-refractivity contribution in [1.82, 2.24) is 19.4 Å². The summed E-state index contributed by atoms with van der Waals surface area (Å²) in [5.41, 5.74) is 4.44. The van der Waals surface area contributed by atoms with Crippen LogP contribution in [0, 0.1) is 0 Å². The van der Waals surface area contributed by atoms with Crippen molar-refractivity contribution >= 4 is 49.0 Å². The van der Waals surface area contributed by atoms with Crippen molar-refractivity contribution in [2.24, 2.45) is 0 Å². The topological polar surface area (TPSA) is 88.1 Å². The smallest absolute Gasteiger partial charge is 0.329 e. The van der Waals surface area contributed by atoms with E-state index in [9.17, 15) is 14.4 Å². The summed E-state index contributed by atoms with van der Waals surface area (Å²) in [5.74, 6) is -0.0385. The monoisotopic (exact) mass is 474 g/mol. The molecule has 5 aromatic rings. The summed E-state index contributed by atoms with van der Waals surface area (Å²) >= 11 is 2.90. The van der Waals surface area contributed by atoms with Crippen molar-refractivity contribution in [2.75, 3.05) is 6.54 Å². The molecule has 1 aliphatic heterocycles. The zero-order valence-corrected chi connectivity index (χ0v) is 19.0. The molecule has 0 saturated carbocycles. The second kappa shape index (κ2) is 7.79. The predicted octanol–water partition coefficient (Wildman–Crippen LogP) is 3.61. The van der Waals surface area contributed by atoms with Crippen molar-refractivity contribution in [3.8, 4) is 0 Å². The Morgan fingerprint density at radius 2 is 1.97 bits per heavy atom. The van der Waals surface area contributed by atoms with Gasteiger partial charge in [0.1, 0.15) is 4.83 Å². The Bertz CT molecular complexity index is 1650. The fourth-order valence-corrected chi connectivity index (χ4v) is 6.32. The van der Waals surface area contributed by atoms with E-state index in [2.05, 4.69) is 9.97 Å². The van der Waals surface area contributed by atoms with Gasteiger partial charge in [-0.3, -0.25) is 19.1 Å². The van der Waals surface area contributed by atoms with Crippen LogP contribution in [0.5, 0.6) is 0 Å². The molecule has 0 spiro atoms. The van der Waals surface area contributed by atoms with Gasteiger partial charge in [0.2, 0.25) is 0 Å². The van der Waals surface area contributed by atoms with Crippen LogP contribution in [0.15, 0.2) is 63.6 Å². The number of hydrogen-bond donors (Lipinski definition) is 1. The molecule has 33 heavy (non-hydrogen) atoms. The maximum Gasteiger partial charge on any atom is 0.329 e. The van der Waals surface area contributed by atoms with Crippen LogP contribution >= 0.6 is 22.7 Å². The van der Waals surface area contributed by atoms with E-state index in [0.717, 1.165) is 26.2 Å². The number of carbonyl (C=O) groups is 1. The molecule has 1 amide bonds. The van der Waals surface area contributed by atoms with Crippen LogP contribution in [0.25, 0.3) is 20.4 Å². The van der Waals surface area contributed by atoms with E-state index >= 15 is 0 Å². The van der Waals surface area contributed by atoms with Crippen molar-refractivity contribution in [2.45, 2.75) is 19.5 Å². The summed E-state index contributed by atoms with van der Waals surface area (Å²) in [5, 5.41) is 0.573. The van der Waals surface area contributed by atoms with Gasteiger partial charge in [0, 0.05) is 17.0 Å². The summed E-state index contributed by atoms with van der Waals surface area (Å²) in [6.45, 7) is 1.17. The Morgan fingerprint density at radius 1 is 1.12 bits per heavy atom. The highest BCUT2D eigenvalue weighted by Crippen LogP contribution is 2.32. The molecule has 1 N–H and O–H groups in total. The molecule has 0 unspecified atom stereocenters. The zero-order valence-electron chi connectivity index (χ0n) is 17.4. The lowest BCUT2D eigenvalue weighted by atomic mass is 10.0. The number of thiazole rings is 1. The summed E-state index contributed by atoms with van der Waals surface area (Å²) in [6.07, 6.45) is 0.580. The number of hydrogen-bond acceptors (Lipinski definition) is 6. The van der Waals surface area contributed by atoms with Crippen molar-refractivity contribution in [1.29, 1.82) is 0 Å². The van der Waals surface area contributed by atoms with Crippen molar-refractivity contribution < 1.29 is 4.79 Å². The molecule has 0 saturated heterocycles. The molecule has 2 aromatic carbocycles. The Morgan fingerprint density at radius 3 is 2.82 bits per heavy atom. The zero-order chi connectivity index (χ0) is 22.5. The van der Waals surface area contributed by atoms with Crippen LogP contribution in [-0.4, -0.2) is 31.9 Å². The first-order valence-electron chi connectivity index (χ1n) is 10.5. The van der Waals surface area contributed by atoms with E-state index in [1.807, 2.05) is 48.5 Å². The quantitative estimate of drug-likeness (QED) is 0.433. The molecule has 164 valence electrons. The van der Waals surface area contributed by atoms with Gasteiger partial charge in [-0.2, -0.15) is 0 Å². The molecule has 9 heteroatoms. The number of benzene rings is 2. The van der Waals surface area contributed by atoms with Gasteiger partial charge in [-0.05, 0) is 35.7 Å². The van der Waals surface area contributed by atoms with Crippen molar-refractivity contribution in [3.63, 3.8) is 0 Å². The molecule has 3 aromatic heterocycles. The largest absolute Gasteiger partial charge is 0.333 e. The Balaban J connectivity index is 1.35. The molecular weight excluding hydrogens is 456 g/mol. The minimum absolute atomic E-state index is 0.0385. The third-order valence-electron chi connectivity index (χ3n) is 6.03. The second-order valence-electron chi connectivity index (χ2n) is 8.03. The fraction of sp³-hybridized carbons (Fsp3) is 0.167. The van der Waals surface area contributed by atoms with Crippen LogP contribution < -0.4 is 11.2 Å². The van der Waals surface area contributed by atoms with Gasteiger partial charge in [-0.25, -0.2) is 9.78 Å². The average molecular weight is 475 g/mol. The van der Waals surface area contributed by atoms with E-state index in [1.165, 1.54) is 27.2 Å². The normalized spacial score (nSPS) is 13.5. The molecule has 6 rings (SSSR count). The molecule has 0 fully saturated rings. The molecule has 7 nitrogen and oxygen atoms in total. The second-order valence-corrected chi connectivity index (χ2v) is 10.0. The number of thiophene rings is 1. The third kappa shape index (κ3) is 3.40. The Kier molecular flexibility index (Phi) is 4.74. The average Bonchev–Trinajstić information content (AvgIpc) is 3.45. The number of nitrogens with zero attached hydrogens (tertiary/aromatic N) is 3. The number of aromatic amines is 1. The molecule has 0 atom stereocenters. The summed E-state index contributed by atoms with van der Waals surface area (Å²) in [4.78, 5) is 49.6. The third-order valence-corrected chi connectivity index (χ3v) is 7.95. The van der Waals surface area contributed by atoms with E-state index < -0.39 is 5.69 Å². The fourth-order valence-electron chi connectivity index (χ4n) is 4.36. The van der Waals surface area contributed by atoms with Crippen LogP contribution in [0.3, 0.4) is 0 Å². The first-order valence-corrected chi connectivity index (χ1v) is 12.2. The van der Waals surface area contributed by atoms with Crippen LogP contribution in [0.2, 0.25) is 0 Å². The number of H-pyrrole nitrogens is 1. The lowest BCUT2D eigenvalue weighted by Crippen LogP contribution is -2.37. The molecular formula is C24H18N4O3S2. The lowest BCUT2D eigenvalue weighted by molar-refractivity contribution is 0.0737. The number of rotatable bonds is 3. The first kappa shape index (κ1) is 20.1. The highest BCUT2D eigenvalue weighted by Gasteiger charge is 2.27. The van der Waals surface area contributed by atoms with E-state index in [-0.39, 0.29) is 18.0 Å². The Labute approximate surface area is 195 Å². The highest BCUT2D eigenvalue weighted by atomic mass is 32.1. The van der Waals surface area contributed by atoms with E-state index in [0.29, 0.717) is 35.3 Å². The maximum atomic E-state index is 13.3. The number of fused-ring (bicyclic) bond motifs is 4. The number of nitrogens with one attached hydrogen (secondary N) is 1. The number of amides is 1. The minimum Gasteiger partial charge on any atom is -0.333 e. The highest BCUT2D eigenvalue weighted by molar-refractivity contribution is 7.18. The molecule has 0 radical (unpaired) electrons. The van der Waals surface area contributed by atoms with Crippen molar-refractivity contribution in [3.05, 3.63) is 96.4 Å². The van der Waals surface area contributed by atoms with Gasteiger partial charge in [0.05, 0.1) is 34.2 Å². The summed E-state index contributed by atoms with van der Waals surface area (Å²) in [7, 11) is 0. The molecule has 4 heterocycles. The molecule has 0 bridgehead atoms. The summed E-state index contributed by atoms with van der Waals surface area (Å²) in [6, 6.07) is 15.0. The molecule has 0 aliphatic carbocycles. The van der Waals surface area contributed by atoms with E-state index in [4.69, 9.17) is 0 Å². The first-order chi connectivity index (χ1) is 16.1. The van der Waals surface area contributed by atoms with Gasteiger partial charge in [-0.1, -0.05) is 30.3 Å². The maximum absolute atomic E-state index is 13.3. The van der Waals surface area contributed by atoms with Crippen LogP contribution in [0.1, 0.15) is 26.4 Å². The van der Waals surface area contributed by atoms with Gasteiger partial charge in [-0.15, -0.1) is 22.7 Å². The standard InChI is InChI=1S/C24H18N4O3S2/c29-22(15-6-7-17-18(10-15)32-13-25-17)27-9-8-16-19(12-27)33-21-20(16)23(30)28(24(31)26-21)11-14-4-2-1-3-5-14/h1-7,10,13H,8-9,11-12H2,(H,26,31). The van der Waals surface area contributed by atoms with Gasteiger partial charge < -0.3 is 4.90 Å². The summed E-state index contributed by atoms with van der Waals surface area (Å²) < 4.78 is 2.24. The minimum atomic E-state index is -0.416. The van der Waals surface area contributed by atoms with E-state index in [1.54, 1.807) is 10.4 Å². The Hall–Kier alpha value is -3.56. The van der Waals surface area contributed by atoms with Gasteiger partial charge in [0.15, 0.2) is 0 Å². The van der Waals surface area contributed by atoms with Gasteiger partial charge in [0.25, 0.3) is 11.5 Å². The van der Waals surface area contributed by atoms with Crippen LogP contribution in [-0.2, 0) is 19.5 Å². The van der Waals surface area contributed by atoms with Gasteiger partial charge >= 0.3 is 5.69 Å². The van der Waals surface area contributed by atoms with Crippen LogP contribution in [0.4, 0.5) is 0 Å². The number of aromatic nitrogens is 3. The molecule has 1 aliphatic rings. The SMILES string of the molecule is O=C(c1ccc2ncsc2c1)N1CCc2c(sc3[nH]c(=O)n(Cc4ccccc4)c(=O)c23)C1.